The predicted molar refractivity (Wildman–Crippen MR) is 205 cm³/mol. The van der Waals surface area contributed by atoms with E-state index in [1.807, 2.05) is 0 Å². The fourth-order valence-electron chi connectivity index (χ4n) is 8.53. The van der Waals surface area contributed by atoms with E-state index in [1.165, 1.54) is 39.1 Å². The number of pyridine rings is 3. The highest BCUT2D eigenvalue weighted by molar-refractivity contribution is 6.89. The molecule has 4 aromatic heterocycles. The second-order valence-electron chi connectivity index (χ2n) is 16.2. The highest BCUT2D eigenvalue weighted by Crippen LogP contribution is 2.46. The Kier molecular flexibility index (Phi) is 7.56. The van der Waals surface area contributed by atoms with Crippen molar-refractivity contribution in [1.82, 2.24) is 4.98 Å². The minimum absolute atomic E-state index is 0.255. The Morgan fingerprint density at radius 2 is 1.67 bits per heavy atom. The zero-order valence-electron chi connectivity index (χ0n) is 30.4. The maximum absolute atomic E-state index is 6.77. The van der Waals surface area contributed by atoms with E-state index in [2.05, 4.69) is 143 Å². The van der Waals surface area contributed by atoms with E-state index < -0.39 is 8.07 Å². The van der Waals surface area contributed by atoms with Crippen molar-refractivity contribution >= 4 is 41.0 Å². The minimum atomic E-state index is -1.63. The third-order valence-corrected chi connectivity index (χ3v) is 13.2. The Morgan fingerprint density at radius 3 is 2.43 bits per heavy atom. The summed E-state index contributed by atoms with van der Waals surface area (Å²) in [4.78, 5) is 4.98. The van der Waals surface area contributed by atoms with Crippen LogP contribution in [-0.2, 0) is 6.42 Å². The van der Waals surface area contributed by atoms with Gasteiger partial charge in [0.15, 0.2) is 29.7 Å². The molecule has 49 heavy (non-hydrogen) atoms. The lowest BCUT2D eigenvalue weighted by molar-refractivity contribution is -0.719. The van der Waals surface area contributed by atoms with E-state index in [-0.39, 0.29) is 6.04 Å². The first-order chi connectivity index (χ1) is 23.4. The Labute approximate surface area is 292 Å². The first kappa shape index (κ1) is 31.9. The molecule has 248 valence electrons. The highest BCUT2D eigenvalue weighted by Gasteiger charge is 2.44. The van der Waals surface area contributed by atoms with Gasteiger partial charge >= 0.3 is 0 Å². The van der Waals surface area contributed by atoms with E-state index >= 15 is 0 Å². The molecule has 0 radical (unpaired) electrons. The summed E-state index contributed by atoms with van der Waals surface area (Å²) in [5.41, 5.74) is 14.3. The third-order valence-electron chi connectivity index (χ3n) is 11.1. The molecule has 0 amide bonds. The van der Waals surface area contributed by atoms with Gasteiger partial charge in [0.05, 0.1) is 20.1 Å². The summed E-state index contributed by atoms with van der Waals surface area (Å²) < 4.78 is 11.8. The SMILES string of the molecule is C=C1CC2C(CCc3ccc4c(oc5nc(C(C)C)ccc54)c3-c3cc(C)cc[n+]31)c1ccccc1-c1cc(C(C)C)c([Si](C)(C)C)c[n+]12. The first-order valence-electron chi connectivity index (χ1n) is 18.2. The quantitative estimate of drug-likeness (QED) is 0.140. The zero-order chi connectivity index (χ0) is 34.4. The number of hydrogen-bond acceptors (Lipinski definition) is 2. The van der Waals surface area contributed by atoms with E-state index in [0.717, 1.165) is 58.4 Å². The van der Waals surface area contributed by atoms with Gasteiger partial charge in [0.2, 0.25) is 17.1 Å². The number of rotatable bonds is 3. The van der Waals surface area contributed by atoms with Gasteiger partial charge < -0.3 is 4.42 Å². The highest BCUT2D eigenvalue weighted by atomic mass is 28.3. The molecule has 0 saturated heterocycles. The Bertz CT molecular complexity index is 2300. The fraction of sp³-hybridized carbons (Fsp3) is 0.341. The number of allylic oxidation sites excluding steroid dienone is 1. The van der Waals surface area contributed by atoms with Gasteiger partial charge in [-0.15, -0.1) is 0 Å². The zero-order valence-corrected chi connectivity index (χ0v) is 31.4. The lowest BCUT2D eigenvalue weighted by Gasteiger charge is -2.33. The van der Waals surface area contributed by atoms with Crippen molar-refractivity contribution in [1.29, 1.82) is 0 Å². The van der Waals surface area contributed by atoms with Crippen LogP contribution in [0.5, 0.6) is 0 Å². The van der Waals surface area contributed by atoms with Crippen LogP contribution in [0.3, 0.4) is 0 Å². The second-order valence-corrected chi connectivity index (χ2v) is 21.2. The summed E-state index contributed by atoms with van der Waals surface area (Å²) in [5.74, 6) is 1.15. The summed E-state index contributed by atoms with van der Waals surface area (Å²) in [6.45, 7) is 23.6. The van der Waals surface area contributed by atoms with Crippen molar-refractivity contribution in [3.8, 4) is 22.5 Å². The number of nitrogens with zero attached hydrogens (tertiary/aromatic N) is 3. The van der Waals surface area contributed by atoms with Gasteiger partial charge in [-0.2, -0.15) is 9.13 Å². The molecule has 5 heteroatoms. The monoisotopic (exact) mass is 663 g/mol. The van der Waals surface area contributed by atoms with Crippen LogP contribution in [0.15, 0.2) is 90.1 Å². The van der Waals surface area contributed by atoms with E-state index in [4.69, 9.17) is 16.0 Å². The van der Waals surface area contributed by atoms with Gasteiger partial charge in [0.1, 0.15) is 0 Å². The molecule has 2 aromatic carbocycles. The molecule has 0 aliphatic carbocycles. The minimum Gasteiger partial charge on any atom is -0.437 e. The average Bonchev–Trinajstić information content (AvgIpc) is 3.44. The standard InChI is InChI=1S/C44H49N3OSi/c1-26(2)36-24-39-32-13-11-10-12-31(32)33-16-14-30-15-17-34-35-18-19-37(27(3)4)45-44(35)48-43(34)42(30)40-22-28(5)20-21-46(40)29(6)23-38(33)47(39)25-41(36)49(7,8)9/h10-13,15,17-22,24-27,33,38H,6,14,16,23H2,1-5,7-9H3/q+2. The number of aromatic nitrogens is 3. The largest absolute Gasteiger partial charge is 0.437 e. The number of hydrogen-bond donors (Lipinski definition) is 0. The molecule has 6 heterocycles. The summed E-state index contributed by atoms with van der Waals surface area (Å²) in [6.07, 6.45) is 7.63. The van der Waals surface area contributed by atoms with Crippen molar-refractivity contribution in [3.05, 3.63) is 114 Å². The Balaban J connectivity index is 1.37. The van der Waals surface area contributed by atoms with Crippen molar-refractivity contribution in [2.24, 2.45) is 0 Å². The van der Waals surface area contributed by atoms with Gasteiger partial charge in [-0.25, -0.2) is 4.98 Å². The number of furan rings is 1. The molecular formula is C44H49N3OSi+2. The van der Waals surface area contributed by atoms with Crippen LogP contribution in [0.2, 0.25) is 19.6 Å². The smallest absolute Gasteiger partial charge is 0.227 e. The fourth-order valence-corrected chi connectivity index (χ4v) is 10.3. The maximum Gasteiger partial charge on any atom is 0.227 e. The molecule has 2 atom stereocenters. The normalized spacial score (nSPS) is 17.6. The number of benzene rings is 2. The van der Waals surface area contributed by atoms with Crippen molar-refractivity contribution < 1.29 is 13.6 Å². The molecule has 2 unspecified atom stereocenters. The molecule has 2 aliphatic rings. The van der Waals surface area contributed by atoms with Gasteiger partial charge in [-0.3, -0.25) is 0 Å². The van der Waals surface area contributed by atoms with Crippen LogP contribution in [0.4, 0.5) is 0 Å². The summed E-state index contributed by atoms with van der Waals surface area (Å²) >= 11 is 0. The Morgan fingerprint density at radius 1 is 0.898 bits per heavy atom. The van der Waals surface area contributed by atoms with Gasteiger partial charge in [0.25, 0.3) is 0 Å². The maximum atomic E-state index is 6.77. The van der Waals surface area contributed by atoms with Crippen molar-refractivity contribution in [3.63, 3.8) is 0 Å². The average molecular weight is 664 g/mol. The first-order valence-corrected chi connectivity index (χ1v) is 21.7. The van der Waals surface area contributed by atoms with Crippen LogP contribution in [0, 0.1) is 6.92 Å². The Hall–Kier alpha value is -4.35. The molecule has 2 aliphatic heterocycles. The third kappa shape index (κ3) is 5.20. The van der Waals surface area contributed by atoms with Crippen LogP contribution in [-0.4, -0.2) is 13.1 Å². The van der Waals surface area contributed by atoms with Gasteiger partial charge in [-0.05, 0) is 78.6 Å². The molecule has 6 aromatic rings. The molecule has 0 fully saturated rings. The van der Waals surface area contributed by atoms with E-state index in [0.29, 0.717) is 17.8 Å². The van der Waals surface area contributed by atoms with Crippen LogP contribution >= 0.6 is 0 Å². The van der Waals surface area contributed by atoms with Crippen molar-refractivity contribution in [2.75, 3.05) is 0 Å². The van der Waals surface area contributed by atoms with Crippen LogP contribution in [0.25, 0.3) is 50.3 Å². The number of fused-ring (bicyclic) bond motifs is 13. The molecule has 0 spiro atoms. The van der Waals surface area contributed by atoms with Crippen LogP contribution < -0.4 is 14.3 Å². The van der Waals surface area contributed by atoms with Gasteiger partial charge in [0, 0.05) is 51.3 Å². The van der Waals surface area contributed by atoms with E-state index in [1.54, 1.807) is 5.19 Å². The predicted octanol–water partition coefficient (Wildman–Crippen LogP) is 10.1. The molecule has 0 N–H and O–H groups in total. The lowest BCUT2D eigenvalue weighted by atomic mass is 9.77. The molecule has 0 saturated carbocycles. The summed E-state index contributed by atoms with van der Waals surface area (Å²) in [7, 11) is -1.63. The molecule has 0 bridgehead atoms. The van der Waals surface area contributed by atoms with E-state index in [9.17, 15) is 0 Å². The topological polar surface area (TPSA) is 33.8 Å². The molecular weight excluding hydrogens is 615 g/mol. The van der Waals surface area contributed by atoms with Gasteiger partial charge in [-0.1, -0.05) is 77.7 Å². The van der Waals surface area contributed by atoms with Crippen molar-refractivity contribution in [2.45, 2.75) is 97.3 Å². The molecule has 4 nitrogen and oxygen atoms in total. The van der Waals surface area contributed by atoms with Crippen LogP contribution in [0.1, 0.15) is 92.3 Å². The lowest BCUT2D eigenvalue weighted by Crippen LogP contribution is -2.54. The summed E-state index contributed by atoms with van der Waals surface area (Å²) in [5, 5.41) is 3.77. The second kappa shape index (κ2) is 11.6. The summed E-state index contributed by atoms with van der Waals surface area (Å²) in [6, 6.07) is 25.5. The molecule has 8 rings (SSSR count). The number of aryl methyl sites for hydroxylation is 2.